The third-order valence-corrected chi connectivity index (χ3v) is 3.33. The first kappa shape index (κ1) is 17.7. The molecule has 0 aliphatic rings. The number of rotatable bonds is 5. The fourth-order valence-electron chi connectivity index (χ4n) is 1.75. The third-order valence-electron chi connectivity index (χ3n) is 2.84. The molecule has 1 N–H and O–H groups in total. The molecule has 2 aromatic rings. The molecule has 0 saturated carbocycles. The summed E-state index contributed by atoms with van der Waals surface area (Å²) in [6.45, 7) is -0.606. The number of ether oxygens (including phenoxy) is 1. The number of halogens is 2. The maximum absolute atomic E-state index is 11.8. The molecule has 7 nitrogen and oxygen atoms in total. The van der Waals surface area contributed by atoms with Crippen LogP contribution in [0.2, 0.25) is 10.0 Å². The molecule has 0 bridgehead atoms. The molecule has 0 spiro atoms. The number of carbonyl (C=O) groups is 2. The Morgan fingerprint density at radius 3 is 2.33 bits per heavy atom. The van der Waals surface area contributed by atoms with Crippen LogP contribution >= 0.6 is 23.2 Å². The van der Waals surface area contributed by atoms with Crippen LogP contribution in [0.15, 0.2) is 42.5 Å². The van der Waals surface area contributed by atoms with Crippen molar-refractivity contribution in [1.29, 1.82) is 0 Å². The van der Waals surface area contributed by atoms with Crippen LogP contribution < -0.4 is 5.32 Å². The van der Waals surface area contributed by atoms with Crippen molar-refractivity contribution in [2.45, 2.75) is 0 Å². The number of hydrogen-bond donors (Lipinski definition) is 1. The maximum atomic E-state index is 11.8. The standard InChI is InChI=1S/C15H10Cl2N2O5/c16-10-3-1-9(2-4-10)15(21)24-8-14(20)18-12-7-11(17)5-6-13(12)19(22)23/h1-7H,8H2,(H,18,20). The van der Waals surface area contributed by atoms with E-state index in [1.807, 2.05) is 0 Å². The van der Waals surface area contributed by atoms with Gasteiger partial charge in [-0.05, 0) is 36.4 Å². The van der Waals surface area contributed by atoms with Gasteiger partial charge in [0.15, 0.2) is 6.61 Å². The van der Waals surface area contributed by atoms with Crippen molar-refractivity contribution in [1.82, 2.24) is 0 Å². The molecule has 0 aliphatic heterocycles. The van der Waals surface area contributed by atoms with E-state index < -0.39 is 23.4 Å². The van der Waals surface area contributed by atoms with Crippen molar-refractivity contribution in [3.63, 3.8) is 0 Å². The maximum Gasteiger partial charge on any atom is 0.338 e. The number of benzene rings is 2. The molecule has 0 unspecified atom stereocenters. The summed E-state index contributed by atoms with van der Waals surface area (Å²) < 4.78 is 4.84. The number of nitro groups is 1. The van der Waals surface area contributed by atoms with Gasteiger partial charge in [-0.3, -0.25) is 14.9 Å². The van der Waals surface area contributed by atoms with Crippen molar-refractivity contribution in [2.24, 2.45) is 0 Å². The number of nitro benzene ring substituents is 1. The van der Waals surface area contributed by atoms with E-state index in [1.165, 1.54) is 36.4 Å². The summed E-state index contributed by atoms with van der Waals surface area (Å²) in [7, 11) is 0. The summed E-state index contributed by atoms with van der Waals surface area (Å²) in [6.07, 6.45) is 0. The molecule has 1 amide bonds. The zero-order valence-corrected chi connectivity index (χ0v) is 13.5. The second-order valence-electron chi connectivity index (χ2n) is 4.55. The lowest BCUT2D eigenvalue weighted by atomic mass is 10.2. The average molecular weight is 369 g/mol. The number of esters is 1. The van der Waals surface area contributed by atoms with Crippen LogP contribution in [0.3, 0.4) is 0 Å². The Hall–Kier alpha value is -2.64. The van der Waals surface area contributed by atoms with Crippen LogP contribution in [0.25, 0.3) is 0 Å². The second-order valence-corrected chi connectivity index (χ2v) is 5.42. The lowest BCUT2D eigenvalue weighted by Gasteiger charge is -2.07. The molecular weight excluding hydrogens is 359 g/mol. The third kappa shape index (κ3) is 4.68. The number of nitrogens with zero attached hydrogens (tertiary/aromatic N) is 1. The van der Waals surface area contributed by atoms with Gasteiger partial charge in [0.05, 0.1) is 10.5 Å². The minimum atomic E-state index is -0.734. The van der Waals surface area contributed by atoms with Gasteiger partial charge in [-0.2, -0.15) is 0 Å². The molecule has 9 heteroatoms. The van der Waals surface area contributed by atoms with Crippen LogP contribution in [0.4, 0.5) is 11.4 Å². The predicted molar refractivity (Wildman–Crippen MR) is 88.5 cm³/mol. The zero-order chi connectivity index (χ0) is 17.7. The largest absolute Gasteiger partial charge is 0.452 e. The fraction of sp³-hybridized carbons (Fsp3) is 0.0667. The predicted octanol–water partition coefficient (Wildman–Crippen LogP) is 3.70. The molecular formula is C15H10Cl2N2O5. The topological polar surface area (TPSA) is 98.5 Å². The number of anilines is 1. The fourth-order valence-corrected chi connectivity index (χ4v) is 2.05. The van der Waals surface area contributed by atoms with Gasteiger partial charge in [0, 0.05) is 16.1 Å². The highest BCUT2D eigenvalue weighted by Gasteiger charge is 2.17. The van der Waals surface area contributed by atoms with Gasteiger partial charge in [0.2, 0.25) is 0 Å². The van der Waals surface area contributed by atoms with Gasteiger partial charge >= 0.3 is 5.97 Å². The first-order chi connectivity index (χ1) is 11.4. The Morgan fingerprint density at radius 1 is 1.08 bits per heavy atom. The summed E-state index contributed by atoms with van der Waals surface area (Å²) in [4.78, 5) is 33.8. The smallest absolute Gasteiger partial charge is 0.338 e. The molecule has 2 aromatic carbocycles. The molecule has 24 heavy (non-hydrogen) atoms. The van der Waals surface area contributed by atoms with Crippen molar-refractivity contribution >= 4 is 46.5 Å². The quantitative estimate of drug-likeness (QED) is 0.492. The highest BCUT2D eigenvalue weighted by atomic mass is 35.5. The summed E-state index contributed by atoms with van der Waals surface area (Å²) in [5, 5.41) is 13.9. The van der Waals surface area contributed by atoms with E-state index in [9.17, 15) is 19.7 Å². The van der Waals surface area contributed by atoms with Crippen LogP contribution in [0.1, 0.15) is 10.4 Å². The Kier molecular flexibility index (Phi) is 5.73. The average Bonchev–Trinajstić information content (AvgIpc) is 2.53. The number of carbonyl (C=O) groups excluding carboxylic acids is 2. The van der Waals surface area contributed by atoms with Crippen LogP contribution in [-0.2, 0) is 9.53 Å². The van der Waals surface area contributed by atoms with E-state index >= 15 is 0 Å². The van der Waals surface area contributed by atoms with E-state index in [1.54, 1.807) is 0 Å². The molecule has 0 heterocycles. The minimum absolute atomic E-state index is 0.0833. The van der Waals surface area contributed by atoms with Crippen molar-refractivity contribution in [3.05, 3.63) is 68.2 Å². The second kappa shape index (κ2) is 7.76. The van der Waals surface area contributed by atoms with Gasteiger partial charge in [-0.25, -0.2) is 4.79 Å². The molecule has 0 aliphatic carbocycles. The highest BCUT2D eigenvalue weighted by molar-refractivity contribution is 6.31. The number of amides is 1. The van der Waals surface area contributed by atoms with Gasteiger partial charge in [-0.1, -0.05) is 23.2 Å². The Morgan fingerprint density at radius 2 is 1.71 bits per heavy atom. The Bertz CT molecular complexity index is 793. The van der Waals surface area contributed by atoms with Gasteiger partial charge in [0.25, 0.3) is 11.6 Å². The van der Waals surface area contributed by atoms with E-state index in [-0.39, 0.29) is 22.0 Å². The molecule has 0 saturated heterocycles. The van der Waals surface area contributed by atoms with Crippen molar-refractivity contribution in [2.75, 3.05) is 11.9 Å². The molecule has 0 fully saturated rings. The van der Waals surface area contributed by atoms with Crippen molar-refractivity contribution < 1.29 is 19.2 Å². The Labute approximate surface area is 146 Å². The minimum Gasteiger partial charge on any atom is -0.452 e. The lowest BCUT2D eigenvalue weighted by molar-refractivity contribution is -0.383. The monoisotopic (exact) mass is 368 g/mol. The van der Waals surface area contributed by atoms with E-state index in [0.29, 0.717) is 5.02 Å². The molecule has 0 radical (unpaired) electrons. The van der Waals surface area contributed by atoms with E-state index in [4.69, 9.17) is 27.9 Å². The molecule has 0 atom stereocenters. The highest BCUT2D eigenvalue weighted by Crippen LogP contribution is 2.27. The Balaban J connectivity index is 1.99. The zero-order valence-electron chi connectivity index (χ0n) is 12.0. The summed E-state index contributed by atoms with van der Waals surface area (Å²) in [6, 6.07) is 9.64. The summed E-state index contributed by atoms with van der Waals surface area (Å²) in [5.74, 6) is -1.45. The SMILES string of the molecule is O=C(COC(=O)c1ccc(Cl)cc1)Nc1cc(Cl)ccc1[N+](=O)[O-]. The van der Waals surface area contributed by atoms with Gasteiger partial charge < -0.3 is 10.1 Å². The van der Waals surface area contributed by atoms with Gasteiger partial charge in [0.1, 0.15) is 5.69 Å². The van der Waals surface area contributed by atoms with Crippen LogP contribution in [-0.4, -0.2) is 23.4 Å². The first-order valence-corrected chi connectivity index (χ1v) is 7.29. The number of hydrogen-bond acceptors (Lipinski definition) is 5. The summed E-state index contributed by atoms with van der Waals surface area (Å²) >= 11 is 11.5. The van der Waals surface area contributed by atoms with E-state index in [0.717, 1.165) is 6.07 Å². The number of nitrogens with one attached hydrogen (secondary N) is 1. The summed E-state index contributed by atoms with van der Waals surface area (Å²) in [5.41, 5.74) is -0.183. The first-order valence-electron chi connectivity index (χ1n) is 6.53. The molecule has 0 aromatic heterocycles. The molecule has 124 valence electrons. The van der Waals surface area contributed by atoms with Gasteiger partial charge in [-0.15, -0.1) is 0 Å². The van der Waals surface area contributed by atoms with Crippen LogP contribution in [0.5, 0.6) is 0 Å². The van der Waals surface area contributed by atoms with E-state index in [2.05, 4.69) is 5.32 Å². The van der Waals surface area contributed by atoms with Crippen molar-refractivity contribution in [3.8, 4) is 0 Å². The normalized spacial score (nSPS) is 10.1. The molecule has 2 rings (SSSR count). The lowest BCUT2D eigenvalue weighted by Crippen LogP contribution is -2.21. The van der Waals surface area contributed by atoms with Crippen LogP contribution in [0, 0.1) is 10.1 Å².